The second kappa shape index (κ2) is 11.3. The zero-order valence-corrected chi connectivity index (χ0v) is 21.6. The zero-order valence-electron chi connectivity index (χ0n) is 22.6. The molecule has 3 fully saturated rings. The Balaban J connectivity index is 1.61. The average Bonchev–Trinajstić information content (AvgIpc) is 3.13. The van der Waals surface area contributed by atoms with Crippen molar-refractivity contribution in [3.63, 3.8) is 0 Å². The van der Waals surface area contributed by atoms with Crippen molar-refractivity contribution in [3.8, 4) is 0 Å². The minimum absolute atomic E-state index is 0.106. The van der Waals surface area contributed by atoms with Crippen LogP contribution in [0.1, 0.15) is 105 Å². The van der Waals surface area contributed by atoms with Crippen molar-refractivity contribution in [2.75, 3.05) is 0 Å². The number of likely N-dealkylation sites (tertiary alicyclic amines) is 1. The third-order valence-corrected chi connectivity index (χ3v) is 8.64. The Labute approximate surface area is 208 Å². The third kappa shape index (κ3) is 6.04. The van der Waals surface area contributed by atoms with Gasteiger partial charge in [0.25, 0.3) is 0 Å². The summed E-state index contributed by atoms with van der Waals surface area (Å²) in [4.78, 5) is 28.8. The van der Waals surface area contributed by atoms with E-state index in [9.17, 15) is 11.0 Å². The molecule has 1 aromatic carbocycles. The maximum absolute atomic E-state index is 13.6. The molecule has 0 bridgehead atoms. The highest BCUT2D eigenvalue weighted by molar-refractivity contribution is 5.91. The summed E-state index contributed by atoms with van der Waals surface area (Å²) in [6, 6.07) is 7.79. The molecule has 3 aliphatic rings. The van der Waals surface area contributed by atoms with E-state index >= 15 is 0 Å². The van der Waals surface area contributed by atoms with E-state index in [4.69, 9.17) is 4.74 Å². The molecule has 4 rings (SSSR count). The van der Waals surface area contributed by atoms with Gasteiger partial charge >= 0.3 is 6.09 Å². The summed E-state index contributed by atoms with van der Waals surface area (Å²) >= 11 is 0. The van der Waals surface area contributed by atoms with Crippen LogP contribution in [-0.4, -0.2) is 28.8 Å². The predicted molar refractivity (Wildman–Crippen MR) is 136 cm³/mol. The molecule has 0 aromatic heterocycles. The topological polar surface area (TPSA) is 46.6 Å². The van der Waals surface area contributed by atoms with E-state index in [2.05, 4.69) is 20.8 Å². The summed E-state index contributed by atoms with van der Waals surface area (Å²) in [5, 5.41) is 0. The van der Waals surface area contributed by atoms with Crippen LogP contribution in [0.4, 0.5) is 4.79 Å². The second-order valence-electron chi connectivity index (χ2n) is 12.0. The number of ether oxygens (including phenoxy) is 1. The lowest BCUT2D eigenvalue weighted by atomic mass is 9.67. The molecule has 1 aromatic rings. The lowest BCUT2D eigenvalue weighted by Gasteiger charge is -2.41. The molecule has 1 heterocycles. The number of Topliss-reactive ketones (excluding diaryl/α,β-unsaturated/α-hetero) is 1. The second-order valence-corrected chi connectivity index (χ2v) is 12.0. The van der Waals surface area contributed by atoms with Gasteiger partial charge in [0, 0.05) is 12.5 Å². The minimum Gasteiger partial charge on any atom is -0.445 e. The fraction of sp³-hybridized carbons (Fsp3) is 0.733. The van der Waals surface area contributed by atoms with Crippen molar-refractivity contribution in [1.29, 1.82) is 0 Å². The van der Waals surface area contributed by atoms with Gasteiger partial charge in [-0.1, -0.05) is 115 Å². The van der Waals surface area contributed by atoms with Crippen LogP contribution in [0.2, 0.25) is 0 Å². The van der Waals surface area contributed by atoms with E-state index in [1.165, 1.54) is 64.2 Å². The number of hydrogen-bond acceptors (Lipinski definition) is 3. The van der Waals surface area contributed by atoms with Gasteiger partial charge < -0.3 is 4.74 Å². The van der Waals surface area contributed by atoms with Gasteiger partial charge in [-0.2, -0.15) is 0 Å². The molecule has 4 heteroatoms. The van der Waals surface area contributed by atoms with Crippen LogP contribution in [0.15, 0.2) is 30.3 Å². The quantitative estimate of drug-likeness (QED) is 0.433. The molecule has 34 heavy (non-hydrogen) atoms. The molecule has 1 amide bonds. The first-order valence-corrected chi connectivity index (χ1v) is 13.7. The first-order chi connectivity index (χ1) is 16.7. The fourth-order valence-corrected chi connectivity index (χ4v) is 6.71. The predicted octanol–water partition coefficient (Wildman–Crippen LogP) is 7.55. The first-order valence-electron chi connectivity index (χ1n) is 14.2. The standard InChI is InChI=1S/C30H45NO3/c1-30(2,3)28-20-27(32)26(31(28)29(33)34-21-22-13-7-4-8-14-22)19-25(23-15-9-5-10-16-23)24-17-11-6-12-18-24/h4,7-8,13-14,23-26,28H,5-6,9-12,15-21H2,1-3H3/t26-,28-/m0/s1/i26D. The SMILES string of the molecule is [2H][C@]1(CC(C2CCCCC2)C2CCCCC2)C(=O)C[C@@H](C(C)(C)C)N1C(=O)OCc1ccccc1. The number of carbonyl (C=O) groups excluding carboxylic acids is 2. The van der Waals surface area contributed by atoms with Crippen molar-refractivity contribution in [3.05, 3.63) is 35.9 Å². The van der Waals surface area contributed by atoms with Crippen LogP contribution in [0, 0.1) is 23.2 Å². The van der Waals surface area contributed by atoms with Crippen molar-refractivity contribution in [2.45, 2.75) is 116 Å². The van der Waals surface area contributed by atoms with E-state index in [1.54, 1.807) is 4.90 Å². The number of amides is 1. The van der Waals surface area contributed by atoms with E-state index in [0.717, 1.165) is 5.56 Å². The normalized spacial score (nSPS) is 27.8. The van der Waals surface area contributed by atoms with E-state index in [1.807, 2.05) is 30.3 Å². The number of nitrogens with zero attached hydrogens (tertiary/aromatic N) is 1. The Morgan fingerprint density at radius 1 is 1.00 bits per heavy atom. The lowest BCUT2D eigenvalue weighted by molar-refractivity contribution is -0.120. The smallest absolute Gasteiger partial charge is 0.411 e. The number of benzene rings is 1. The van der Waals surface area contributed by atoms with Gasteiger partial charge in [-0.3, -0.25) is 9.69 Å². The van der Waals surface area contributed by atoms with E-state index < -0.39 is 12.1 Å². The molecule has 0 radical (unpaired) electrons. The molecule has 2 atom stereocenters. The largest absolute Gasteiger partial charge is 0.445 e. The maximum Gasteiger partial charge on any atom is 0.411 e. The zero-order chi connectivity index (χ0) is 25.1. The van der Waals surface area contributed by atoms with Crippen molar-refractivity contribution in [1.82, 2.24) is 4.90 Å². The Bertz CT molecular complexity index is 836. The van der Waals surface area contributed by atoms with Gasteiger partial charge in [0.15, 0.2) is 5.78 Å². The van der Waals surface area contributed by atoms with Gasteiger partial charge in [0.2, 0.25) is 0 Å². The van der Waals surface area contributed by atoms with Crippen molar-refractivity contribution < 1.29 is 15.7 Å². The van der Waals surface area contributed by atoms with Gasteiger partial charge in [-0.05, 0) is 35.2 Å². The molecule has 2 aliphatic carbocycles. The number of ketones is 1. The number of carbonyl (C=O) groups is 2. The molecule has 0 spiro atoms. The lowest BCUT2D eigenvalue weighted by Crippen LogP contribution is -2.49. The molecule has 1 saturated heterocycles. The van der Waals surface area contributed by atoms with E-state index in [0.29, 0.717) is 24.2 Å². The van der Waals surface area contributed by atoms with E-state index in [-0.39, 0.29) is 30.3 Å². The molecular weight excluding hydrogens is 422 g/mol. The third-order valence-electron chi connectivity index (χ3n) is 8.64. The highest BCUT2D eigenvalue weighted by Crippen LogP contribution is 2.45. The molecule has 0 unspecified atom stereocenters. The number of hydrogen-bond donors (Lipinski definition) is 0. The summed E-state index contributed by atoms with van der Waals surface area (Å²) in [6.07, 6.45) is 12.6. The van der Waals surface area contributed by atoms with Crippen LogP contribution in [0.5, 0.6) is 0 Å². The summed E-state index contributed by atoms with van der Waals surface area (Å²) in [5.41, 5.74) is 0.603. The van der Waals surface area contributed by atoms with Gasteiger partial charge in [-0.15, -0.1) is 0 Å². The molecular formula is C30H45NO3. The Kier molecular flexibility index (Phi) is 7.91. The summed E-state index contributed by atoms with van der Waals surface area (Å²) in [7, 11) is 0. The van der Waals surface area contributed by atoms with Gasteiger partial charge in [0.1, 0.15) is 6.61 Å². The van der Waals surface area contributed by atoms with Crippen LogP contribution in [0.25, 0.3) is 0 Å². The first kappa shape index (κ1) is 23.9. The van der Waals surface area contributed by atoms with Crippen LogP contribution >= 0.6 is 0 Å². The van der Waals surface area contributed by atoms with Crippen molar-refractivity contribution >= 4 is 11.9 Å². The monoisotopic (exact) mass is 468 g/mol. The molecule has 2 saturated carbocycles. The number of rotatable bonds is 6. The molecule has 0 N–H and O–H groups in total. The molecule has 4 nitrogen and oxygen atoms in total. The highest BCUT2D eigenvalue weighted by Gasteiger charge is 2.50. The Morgan fingerprint density at radius 2 is 1.56 bits per heavy atom. The van der Waals surface area contributed by atoms with Gasteiger partial charge in [0.05, 0.1) is 7.39 Å². The molecule has 188 valence electrons. The summed E-state index contributed by atoms with van der Waals surface area (Å²) in [6.45, 7) is 6.35. The molecule has 1 aliphatic heterocycles. The Hall–Kier alpha value is -1.84. The highest BCUT2D eigenvalue weighted by atomic mass is 16.6. The van der Waals surface area contributed by atoms with Gasteiger partial charge in [-0.25, -0.2) is 4.79 Å². The van der Waals surface area contributed by atoms with Crippen LogP contribution in [-0.2, 0) is 16.1 Å². The summed E-state index contributed by atoms with van der Waals surface area (Å²) in [5.74, 6) is 1.36. The maximum atomic E-state index is 13.6. The van der Waals surface area contributed by atoms with Crippen LogP contribution in [0.3, 0.4) is 0 Å². The van der Waals surface area contributed by atoms with Crippen molar-refractivity contribution in [2.24, 2.45) is 23.2 Å². The fourth-order valence-electron chi connectivity index (χ4n) is 6.71. The average molecular weight is 469 g/mol. The van der Waals surface area contributed by atoms with Crippen LogP contribution < -0.4 is 0 Å². The summed E-state index contributed by atoms with van der Waals surface area (Å²) < 4.78 is 15.4. The minimum atomic E-state index is -1.54. The Morgan fingerprint density at radius 3 is 2.09 bits per heavy atom.